The van der Waals surface area contributed by atoms with Gasteiger partial charge in [-0.2, -0.15) is 0 Å². The first-order valence-corrected chi connectivity index (χ1v) is 6.41. The predicted octanol–water partition coefficient (Wildman–Crippen LogP) is 1.02. The van der Waals surface area contributed by atoms with Gasteiger partial charge in [-0.25, -0.2) is 13.6 Å². The van der Waals surface area contributed by atoms with Crippen molar-refractivity contribution in [3.63, 3.8) is 0 Å². The lowest BCUT2D eigenvalue weighted by molar-refractivity contribution is -0.156. The number of carbonyl (C=O) groups is 2. The summed E-state index contributed by atoms with van der Waals surface area (Å²) in [5.41, 5.74) is -2.20. The van der Waals surface area contributed by atoms with Gasteiger partial charge in [-0.1, -0.05) is 6.07 Å². The minimum Gasteiger partial charge on any atom is -0.479 e. The van der Waals surface area contributed by atoms with Crippen molar-refractivity contribution < 1.29 is 28.6 Å². The number of carboxylic acids is 1. The van der Waals surface area contributed by atoms with Crippen molar-refractivity contribution in [2.24, 2.45) is 5.92 Å². The average Bonchev–Trinajstić information content (AvgIpc) is 3.16. The fraction of sp³-hybridized carbons (Fsp3) is 0.429. The van der Waals surface area contributed by atoms with Crippen LogP contribution >= 0.6 is 0 Å². The number of carbonyl (C=O) groups excluding carboxylic acids is 1. The maximum atomic E-state index is 13.6. The highest BCUT2D eigenvalue weighted by Crippen LogP contribution is 2.49. The van der Waals surface area contributed by atoms with Crippen molar-refractivity contribution in [2.45, 2.75) is 24.9 Å². The minimum absolute atomic E-state index is 0.123. The molecule has 1 saturated carbocycles. The summed E-state index contributed by atoms with van der Waals surface area (Å²) in [4.78, 5) is 22.5. The van der Waals surface area contributed by atoms with E-state index in [1.54, 1.807) is 0 Å². The number of benzene rings is 1. The number of aliphatic carboxylic acids is 1. The molecule has 3 atom stereocenters. The van der Waals surface area contributed by atoms with Crippen LogP contribution in [0.4, 0.5) is 8.78 Å². The molecule has 0 aliphatic heterocycles. The van der Waals surface area contributed by atoms with E-state index in [4.69, 9.17) is 5.11 Å². The van der Waals surface area contributed by atoms with Crippen LogP contribution in [0.1, 0.15) is 24.8 Å². The van der Waals surface area contributed by atoms with Crippen LogP contribution in [0.15, 0.2) is 18.2 Å². The molecule has 1 aliphatic rings. The third-order valence-corrected chi connectivity index (χ3v) is 3.57. The van der Waals surface area contributed by atoms with Gasteiger partial charge in [0.25, 0.3) is 0 Å². The minimum atomic E-state index is -2.08. The Balaban J connectivity index is 1.97. The summed E-state index contributed by atoms with van der Waals surface area (Å²) in [6.07, 6.45) is 0.291. The van der Waals surface area contributed by atoms with Crippen LogP contribution in [-0.4, -0.2) is 34.2 Å². The van der Waals surface area contributed by atoms with Gasteiger partial charge in [-0.05, 0) is 25.5 Å². The zero-order chi connectivity index (χ0) is 15.8. The van der Waals surface area contributed by atoms with Gasteiger partial charge in [0.1, 0.15) is 11.6 Å². The molecule has 0 bridgehead atoms. The molecule has 0 radical (unpaired) electrons. The van der Waals surface area contributed by atoms with Gasteiger partial charge in [0.2, 0.25) is 5.91 Å². The van der Waals surface area contributed by atoms with E-state index in [2.05, 4.69) is 5.32 Å². The van der Waals surface area contributed by atoms with Crippen molar-refractivity contribution in [3.05, 3.63) is 35.4 Å². The highest BCUT2D eigenvalue weighted by Gasteiger charge is 2.47. The smallest absolute Gasteiger partial charge is 0.337 e. The van der Waals surface area contributed by atoms with Gasteiger partial charge in [-0.3, -0.25) is 4.79 Å². The zero-order valence-corrected chi connectivity index (χ0v) is 11.3. The maximum Gasteiger partial charge on any atom is 0.337 e. The van der Waals surface area contributed by atoms with Crippen molar-refractivity contribution in [1.82, 2.24) is 5.32 Å². The molecule has 7 heteroatoms. The Bertz CT molecular complexity index is 568. The van der Waals surface area contributed by atoms with Crippen LogP contribution in [0.3, 0.4) is 0 Å². The van der Waals surface area contributed by atoms with E-state index in [0.29, 0.717) is 6.42 Å². The van der Waals surface area contributed by atoms with Crippen LogP contribution in [0, 0.1) is 17.6 Å². The molecule has 5 nitrogen and oxygen atoms in total. The summed E-state index contributed by atoms with van der Waals surface area (Å²) >= 11 is 0. The molecule has 2 rings (SSSR count). The van der Waals surface area contributed by atoms with Crippen molar-refractivity contribution in [1.29, 1.82) is 0 Å². The van der Waals surface area contributed by atoms with Gasteiger partial charge >= 0.3 is 5.97 Å². The molecular formula is C14H15F2NO4. The Hall–Kier alpha value is -2.02. The number of aliphatic hydroxyl groups is 1. The van der Waals surface area contributed by atoms with Crippen LogP contribution in [0.25, 0.3) is 0 Å². The highest BCUT2D eigenvalue weighted by molar-refractivity contribution is 5.84. The number of carboxylic acid groups (broad SMARTS) is 1. The van der Waals surface area contributed by atoms with Crippen LogP contribution in [0.5, 0.6) is 0 Å². The standard InChI is InChI=1S/C14H15F2NO4/c1-14(21,13(19)20)6-17-12(18)8-5-7(8)11-9(15)3-2-4-10(11)16/h2-4,7-8,21H,5-6H2,1H3,(H,17,18)(H,19,20). The van der Waals surface area contributed by atoms with Gasteiger partial charge in [-0.15, -0.1) is 0 Å². The fourth-order valence-corrected chi connectivity index (χ4v) is 2.13. The second-order valence-electron chi connectivity index (χ2n) is 5.38. The molecule has 0 spiro atoms. The quantitative estimate of drug-likeness (QED) is 0.757. The number of hydrogen-bond donors (Lipinski definition) is 3. The average molecular weight is 299 g/mol. The Morgan fingerprint density at radius 1 is 1.38 bits per heavy atom. The normalized spacial score (nSPS) is 23.2. The first-order valence-electron chi connectivity index (χ1n) is 6.41. The Kier molecular flexibility index (Phi) is 3.95. The van der Waals surface area contributed by atoms with E-state index >= 15 is 0 Å². The third-order valence-electron chi connectivity index (χ3n) is 3.57. The van der Waals surface area contributed by atoms with Gasteiger partial charge in [0.15, 0.2) is 5.60 Å². The lowest BCUT2D eigenvalue weighted by Crippen LogP contribution is -2.47. The number of amides is 1. The second kappa shape index (κ2) is 5.40. The molecule has 3 N–H and O–H groups in total. The molecule has 3 unspecified atom stereocenters. The first kappa shape index (κ1) is 15.4. The van der Waals surface area contributed by atoms with Crippen molar-refractivity contribution in [3.8, 4) is 0 Å². The maximum absolute atomic E-state index is 13.6. The summed E-state index contributed by atoms with van der Waals surface area (Å²) in [5, 5.41) is 20.5. The largest absolute Gasteiger partial charge is 0.479 e. The highest BCUT2D eigenvalue weighted by atomic mass is 19.1. The number of hydrogen-bond acceptors (Lipinski definition) is 3. The van der Waals surface area contributed by atoms with Crippen molar-refractivity contribution >= 4 is 11.9 Å². The molecule has 0 heterocycles. The number of rotatable bonds is 5. The molecule has 0 saturated heterocycles. The zero-order valence-electron chi connectivity index (χ0n) is 11.3. The second-order valence-corrected chi connectivity index (χ2v) is 5.38. The van der Waals surface area contributed by atoms with Gasteiger partial charge < -0.3 is 15.5 Å². The summed E-state index contributed by atoms with van der Waals surface area (Å²) in [7, 11) is 0. The summed E-state index contributed by atoms with van der Waals surface area (Å²) in [6.45, 7) is 0.584. The lowest BCUT2D eigenvalue weighted by atomic mass is 10.1. The number of nitrogens with one attached hydrogen (secondary N) is 1. The SMILES string of the molecule is CC(O)(CNC(=O)C1CC1c1c(F)cccc1F)C(=O)O. The van der Waals surface area contributed by atoms with Crippen LogP contribution < -0.4 is 5.32 Å². The molecule has 114 valence electrons. The molecular weight excluding hydrogens is 284 g/mol. The molecule has 0 aromatic heterocycles. The molecule has 1 aliphatic carbocycles. The Morgan fingerprint density at radius 3 is 2.48 bits per heavy atom. The fourth-order valence-electron chi connectivity index (χ4n) is 2.13. The first-order chi connectivity index (χ1) is 9.74. The van der Waals surface area contributed by atoms with E-state index in [1.807, 2.05) is 0 Å². The van der Waals surface area contributed by atoms with Crippen molar-refractivity contribution in [2.75, 3.05) is 6.54 Å². The Labute approximate surface area is 119 Å². The predicted molar refractivity (Wildman–Crippen MR) is 68.5 cm³/mol. The third kappa shape index (κ3) is 3.18. The summed E-state index contributed by atoms with van der Waals surface area (Å²) in [5.74, 6) is -4.55. The lowest BCUT2D eigenvalue weighted by Gasteiger charge is -2.18. The van der Waals surface area contributed by atoms with E-state index in [1.165, 1.54) is 6.07 Å². The number of halogens is 2. The molecule has 1 aromatic rings. The Morgan fingerprint density at radius 2 is 1.95 bits per heavy atom. The topological polar surface area (TPSA) is 86.6 Å². The van der Waals surface area contributed by atoms with Gasteiger partial charge in [0.05, 0.1) is 6.54 Å². The van der Waals surface area contributed by atoms with E-state index in [9.17, 15) is 23.5 Å². The van der Waals surface area contributed by atoms with Crippen LogP contribution in [0.2, 0.25) is 0 Å². The summed E-state index contributed by atoms with van der Waals surface area (Å²) < 4.78 is 27.1. The monoisotopic (exact) mass is 299 g/mol. The van der Waals surface area contributed by atoms with E-state index < -0.39 is 47.5 Å². The summed E-state index contributed by atoms with van der Waals surface area (Å²) in [6, 6.07) is 3.50. The molecule has 1 aromatic carbocycles. The van der Waals surface area contributed by atoms with E-state index in [-0.39, 0.29) is 5.56 Å². The molecule has 21 heavy (non-hydrogen) atoms. The van der Waals surface area contributed by atoms with E-state index in [0.717, 1.165) is 19.1 Å². The van der Waals surface area contributed by atoms with Gasteiger partial charge in [0, 0.05) is 17.4 Å². The van der Waals surface area contributed by atoms with Crippen LogP contribution in [-0.2, 0) is 9.59 Å². The molecule has 1 amide bonds. The molecule has 1 fully saturated rings.